The number of hydrogen-bond donors (Lipinski definition) is 1. The summed E-state index contributed by atoms with van der Waals surface area (Å²) in [4.78, 5) is 14.0. The Morgan fingerprint density at radius 1 is 1.29 bits per heavy atom. The third-order valence-electron chi connectivity index (χ3n) is 4.53. The Morgan fingerprint density at radius 3 is 2.57 bits per heavy atom. The summed E-state index contributed by atoms with van der Waals surface area (Å²) in [5.74, 6) is 0.550. The van der Waals surface area contributed by atoms with Crippen molar-refractivity contribution in [3.63, 3.8) is 0 Å². The van der Waals surface area contributed by atoms with E-state index in [9.17, 15) is 4.79 Å². The summed E-state index contributed by atoms with van der Waals surface area (Å²) in [6.07, 6.45) is 5.43. The highest BCUT2D eigenvalue weighted by atomic mass is 16.5. The Kier molecular flexibility index (Phi) is 5.67. The largest absolute Gasteiger partial charge is 0.469 e. The van der Waals surface area contributed by atoms with Crippen LogP contribution in [-0.4, -0.2) is 49.7 Å². The van der Waals surface area contributed by atoms with E-state index in [0.717, 1.165) is 25.6 Å². The van der Waals surface area contributed by atoms with Crippen molar-refractivity contribution in [2.75, 3.05) is 26.7 Å². The highest BCUT2D eigenvalue weighted by Crippen LogP contribution is 2.32. The highest BCUT2D eigenvalue weighted by molar-refractivity contribution is 5.69. The van der Waals surface area contributed by atoms with Crippen LogP contribution in [0.15, 0.2) is 0 Å². The molecule has 2 rings (SSSR count). The molecule has 0 aromatic rings. The molecule has 0 aromatic heterocycles. The fourth-order valence-electron chi connectivity index (χ4n) is 3.21. The summed E-state index contributed by atoms with van der Waals surface area (Å²) in [6, 6.07) is 1.38. The van der Waals surface area contributed by atoms with Crippen molar-refractivity contribution >= 4 is 5.97 Å². The molecule has 122 valence electrons. The Labute approximate surface area is 129 Å². The average Bonchev–Trinajstić information content (AvgIpc) is 3.26. The van der Waals surface area contributed by atoms with Gasteiger partial charge in [-0.25, -0.2) is 0 Å². The second-order valence-corrected chi connectivity index (χ2v) is 8.04. The molecule has 21 heavy (non-hydrogen) atoms. The van der Waals surface area contributed by atoms with E-state index in [1.54, 1.807) is 0 Å². The fraction of sp³-hybridized carbons (Fsp3) is 0.941. The molecule has 1 aliphatic heterocycles. The van der Waals surface area contributed by atoms with Crippen molar-refractivity contribution in [1.82, 2.24) is 10.2 Å². The van der Waals surface area contributed by atoms with E-state index in [0.29, 0.717) is 23.8 Å². The van der Waals surface area contributed by atoms with Gasteiger partial charge in [0.05, 0.1) is 7.11 Å². The summed E-state index contributed by atoms with van der Waals surface area (Å²) < 4.78 is 4.78. The third-order valence-corrected chi connectivity index (χ3v) is 4.53. The third kappa shape index (κ3) is 5.95. The molecule has 0 radical (unpaired) electrons. The van der Waals surface area contributed by atoms with E-state index in [4.69, 9.17) is 4.74 Å². The van der Waals surface area contributed by atoms with Gasteiger partial charge in [0.2, 0.25) is 0 Å². The molecule has 1 heterocycles. The van der Waals surface area contributed by atoms with Gasteiger partial charge in [-0.2, -0.15) is 0 Å². The number of carbonyl (C=O) groups is 1. The second-order valence-electron chi connectivity index (χ2n) is 8.04. The number of nitrogens with one attached hydrogen (secondary N) is 1. The summed E-state index contributed by atoms with van der Waals surface area (Å²) in [5.41, 5.74) is 0.323. The maximum absolute atomic E-state index is 11.4. The molecule has 1 saturated carbocycles. The monoisotopic (exact) mass is 296 g/mol. The van der Waals surface area contributed by atoms with E-state index in [-0.39, 0.29) is 5.97 Å². The van der Waals surface area contributed by atoms with Crippen LogP contribution in [0.3, 0.4) is 0 Å². The predicted octanol–water partition coefficient (Wildman–Crippen LogP) is 2.43. The molecule has 2 atom stereocenters. The summed E-state index contributed by atoms with van der Waals surface area (Å²) in [7, 11) is 1.48. The lowest BCUT2D eigenvalue weighted by atomic mass is 9.89. The van der Waals surface area contributed by atoms with Gasteiger partial charge in [-0.05, 0) is 37.0 Å². The minimum atomic E-state index is -0.0715. The first kappa shape index (κ1) is 16.8. The second kappa shape index (κ2) is 7.10. The maximum Gasteiger partial charge on any atom is 0.305 e. The minimum absolute atomic E-state index is 0.0715. The summed E-state index contributed by atoms with van der Waals surface area (Å²) in [5, 5.41) is 3.75. The van der Waals surface area contributed by atoms with E-state index >= 15 is 0 Å². The van der Waals surface area contributed by atoms with Gasteiger partial charge in [-0.15, -0.1) is 0 Å². The molecule has 0 spiro atoms. The van der Waals surface area contributed by atoms with E-state index in [1.165, 1.54) is 32.9 Å². The van der Waals surface area contributed by atoms with Gasteiger partial charge in [0.15, 0.2) is 0 Å². The lowest BCUT2D eigenvalue weighted by Gasteiger charge is -2.39. The molecule has 0 bridgehead atoms. The molecule has 1 aliphatic carbocycles. The van der Waals surface area contributed by atoms with Gasteiger partial charge in [-0.3, -0.25) is 9.69 Å². The van der Waals surface area contributed by atoms with Crippen molar-refractivity contribution in [2.24, 2.45) is 11.3 Å². The van der Waals surface area contributed by atoms with Crippen molar-refractivity contribution in [1.29, 1.82) is 0 Å². The Hall–Kier alpha value is -0.610. The van der Waals surface area contributed by atoms with Gasteiger partial charge in [0, 0.05) is 38.1 Å². The number of carbonyl (C=O) groups excluding carboxylic acids is 1. The SMILES string of the molecule is COC(=O)CCC1CC(NCC(C)(C)C)CN(C2CC2)C1. The Morgan fingerprint density at radius 2 is 2.00 bits per heavy atom. The Bertz CT molecular complexity index is 347. The highest BCUT2D eigenvalue weighted by Gasteiger charge is 2.36. The standard InChI is InChI=1S/C17H32N2O2/c1-17(2,3)12-18-14-9-13(5-8-16(20)21-4)10-19(11-14)15-6-7-15/h13-15,18H,5-12H2,1-4H3. The maximum atomic E-state index is 11.4. The van der Waals surface area contributed by atoms with Crippen LogP contribution in [0, 0.1) is 11.3 Å². The van der Waals surface area contributed by atoms with Gasteiger partial charge in [0.25, 0.3) is 0 Å². The molecule has 2 fully saturated rings. The Balaban J connectivity index is 1.84. The quantitative estimate of drug-likeness (QED) is 0.764. The molecule has 4 heteroatoms. The minimum Gasteiger partial charge on any atom is -0.469 e. The first-order chi connectivity index (χ1) is 9.87. The van der Waals surface area contributed by atoms with Crippen LogP contribution in [0.4, 0.5) is 0 Å². The predicted molar refractivity (Wildman–Crippen MR) is 85.2 cm³/mol. The number of piperidine rings is 1. The topological polar surface area (TPSA) is 41.6 Å². The van der Waals surface area contributed by atoms with Crippen LogP contribution in [0.25, 0.3) is 0 Å². The first-order valence-corrected chi connectivity index (χ1v) is 8.41. The molecule has 0 aromatic carbocycles. The molecular weight excluding hydrogens is 264 g/mol. The molecule has 2 aliphatic rings. The van der Waals surface area contributed by atoms with Crippen LogP contribution in [0.1, 0.15) is 52.9 Å². The molecule has 1 saturated heterocycles. The van der Waals surface area contributed by atoms with Crippen molar-refractivity contribution in [3.8, 4) is 0 Å². The number of rotatable bonds is 6. The summed E-state index contributed by atoms with van der Waals surface area (Å²) >= 11 is 0. The number of ether oxygens (including phenoxy) is 1. The normalized spacial score (nSPS) is 27.6. The molecular formula is C17H32N2O2. The smallest absolute Gasteiger partial charge is 0.305 e. The number of methoxy groups -OCH3 is 1. The zero-order chi connectivity index (χ0) is 15.5. The number of esters is 1. The van der Waals surface area contributed by atoms with Crippen molar-refractivity contribution in [3.05, 3.63) is 0 Å². The van der Waals surface area contributed by atoms with Crippen molar-refractivity contribution < 1.29 is 9.53 Å². The fourth-order valence-corrected chi connectivity index (χ4v) is 3.21. The number of likely N-dealkylation sites (tertiary alicyclic amines) is 1. The van der Waals surface area contributed by atoms with Crippen molar-refractivity contribution in [2.45, 2.75) is 65.0 Å². The van der Waals surface area contributed by atoms with Gasteiger partial charge in [-0.1, -0.05) is 20.8 Å². The zero-order valence-electron chi connectivity index (χ0n) is 14.2. The lowest BCUT2D eigenvalue weighted by Crippen LogP contribution is -2.51. The molecule has 2 unspecified atom stereocenters. The van der Waals surface area contributed by atoms with Gasteiger partial charge < -0.3 is 10.1 Å². The average molecular weight is 296 g/mol. The number of nitrogens with zero attached hydrogens (tertiary/aromatic N) is 1. The van der Waals surface area contributed by atoms with Gasteiger partial charge >= 0.3 is 5.97 Å². The lowest BCUT2D eigenvalue weighted by molar-refractivity contribution is -0.141. The van der Waals surface area contributed by atoms with Crippen LogP contribution in [0.2, 0.25) is 0 Å². The van der Waals surface area contributed by atoms with E-state index in [2.05, 4.69) is 31.0 Å². The van der Waals surface area contributed by atoms with Crippen LogP contribution < -0.4 is 5.32 Å². The molecule has 4 nitrogen and oxygen atoms in total. The van der Waals surface area contributed by atoms with Crippen LogP contribution in [-0.2, 0) is 9.53 Å². The molecule has 1 N–H and O–H groups in total. The van der Waals surface area contributed by atoms with Gasteiger partial charge in [0.1, 0.15) is 0 Å². The van der Waals surface area contributed by atoms with E-state index < -0.39 is 0 Å². The van der Waals surface area contributed by atoms with E-state index in [1.807, 2.05) is 0 Å². The zero-order valence-corrected chi connectivity index (χ0v) is 14.2. The van der Waals surface area contributed by atoms with Crippen LogP contribution >= 0.6 is 0 Å². The van der Waals surface area contributed by atoms with Crippen LogP contribution in [0.5, 0.6) is 0 Å². The number of hydrogen-bond acceptors (Lipinski definition) is 4. The first-order valence-electron chi connectivity index (χ1n) is 8.41. The molecule has 0 amide bonds. The summed E-state index contributed by atoms with van der Waals surface area (Å²) in [6.45, 7) is 10.2.